The van der Waals surface area contributed by atoms with E-state index in [4.69, 9.17) is 5.41 Å². The van der Waals surface area contributed by atoms with E-state index in [-0.39, 0.29) is 0 Å². The van der Waals surface area contributed by atoms with Crippen LogP contribution in [0.1, 0.15) is 18.4 Å². The standard InChI is InChI=1S/C18H20N6O2S/c1-23(27(2,25)26)15-5-3-4-12(8-15)16-9-17(21-14-6-7-14)24-18(22-16)13(10-19)11-20-24/h3-5,8-11,14,19,21H,6-7H2,1-2H3. The zero-order valence-corrected chi connectivity index (χ0v) is 15.9. The first-order valence-corrected chi connectivity index (χ1v) is 10.4. The van der Waals surface area contributed by atoms with E-state index in [0.717, 1.165) is 24.2 Å². The van der Waals surface area contributed by atoms with Gasteiger partial charge in [0.05, 0.1) is 29.4 Å². The zero-order chi connectivity index (χ0) is 19.2. The van der Waals surface area contributed by atoms with Crippen LogP contribution in [0.5, 0.6) is 0 Å². The minimum absolute atomic E-state index is 0.429. The van der Waals surface area contributed by atoms with E-state index in [1.54, 1.807) is 28.9 Å². The fraction of sp³-hybridized carbons (Fsp3) is 0.278. The zero-order valence-electron chi connectivity index (χ0n) is 15.0. The van der Waals surface area contributed by atoms with Crippen molar-refractivity contribution in [3.63, 3.8) is 0 Å². The minimum atomic E-state index is -3.35. The number of fused-ring (bicyclic) bond motifs is 1. The van der Waals surface area contributed by atoms with Gasteiger partial charge < -0.3 is 10.7 Å². The summed E-state index contributed by atoms with van der Waals surface area (Å²) in [7, 11) is -1.83. The number of nitrogens with zero attached hydrogens (tertiary/aromatic N) is 4. The summed E-state index contributed by atoms with van der Waals surface area (Å²) in [4.78, 5) is 4.67. The molecule has 1 aliphatic rings. The van der Waals surface area contributed by atoms with Crippen molar-refractivity contribution in [3.05, 3.63) is 42.1 Å². The van der Waals surface area contributed by atoms with Gasteiger partial charge in [0.25, 0.3) is 0 Å². The normalized spacial score (nSPS) is 14.3. The van der Waals surface area contributed by atoms with Crippen molar-refractivity contribution in [3.8, 4) is 11.3 Å². The van der Waals surface area contributed by atoms with E-state index in [0.29, 0.717) is 28.6 Å². The lowest BCUT2D eigenvalue weighted by atomic mass is 10.1. The predicted octanol–water partition coefficient (Wildman–Crippen LogP) is 2.36. The Morgan fingerprint density at radius 1 is 1.33 bits per heavy atom. The van der Waals surface area contributed by atoms with Crippen molar-refractivity contribution in [2.45, 2.75) is 18.9 Å². The van der Waals surface area contributed by atoms with Gasteiger partial charge in [-0.05, 0) is 25.0 Å². The van der Waals surface area contributed by atoms with Crippen LogP contribution in [0.25, 0.3) is 16.9 Å². The summed E-state index contributed by atoms with van der Waals surface area (Å²) < 4.78 is 26.6. The van der Waals surface area contributed by atoms with Crippen LogP contribution < -0.4 is 9.62 Å². The average molecular weight is 384 g/mol. The van der Waals surface area contributed by atoms with E-state index in [9.17, 15) is 8.42 Å². The molecule has 0 radical (unpaired) electrons. The SMILES string of the molecule is CN(c1cccc(-c2cc(NC3CC3)n3ncc(C=N)c3n2)c1)S(C)(=O)=O. The highest BCUT2D eigenvalue weighted by molar-refractivity contribution is 7.92. The van der Waals surface area contributed by atoms with E-state index in [1.165, 1.54) is 23.8 Å². The summed E-state index contributed by atoms with van der Waals surface area (Å²) in [5, 5.41) is 15.4. The fourth-order valence-corrected chi connectivity index (χ4v) is 3.32. The molecular weight excluding hydrogens is 364 g/mol. The summed E-state index contributed by atoms with van der Waals surface area (Å²) >= 11 is 0. The van der Waals surface area contributed by atoms with Gasteiger partial charge in [-0.25, -0.2) is 13.4 Å². The molecule has 0 atom stereocenters. The van der Waals surface area contributed by atoms with Crippen LogP contribution in [0.15, 0.2) is 36.5 Å². The molecule has 0 aliphatic heterocycles. The van der Waals surface area contributed by atoms with Crippen LogP contribution in [-0.4, -0.2) is 48.6 Å². The summed E-state index contributed by atoms with van der Waals surface area (Å²) in [6.07, 6.45) is 6.25. The fourth-order valence-electron chi connectivity index (χ4n) is 2.82. The molecule has 0 bridgehead atoms. The second-order valence-electron chi connectivity index (χ2n) is 6.71. The van der Waals surface area contributed by atoms with Gasteiger partial charge in [0.1, 0.15) is 5.82 Å². The number of aromatic nitrogens is 3. The molecule has 1 saturated carbocycles. The maximum absolute atomic E-state index is 11.8. The van der Waals surface area contributed by atoms with Gasteiger partial charge in [0, 0.05) is 30.9 Å². The first-order chi connectivity index (χ1) is 12.9. The molecule has 140 valence electrons. The van der Waals surface area contributed by atoms with Gasteiger partial charge in [-0.1, -0.05) is 12.1 Å². The molecule has 4 rings (SSSR count). The molecule has 1 aliphatic carbocycles. The second-order valence-corrected chi connectivity index (χ2v) is 8.72. The summed E-state index contributed by atoms with van der Waals surface area (Å²) in [6.45, 7) is 0. The number of nitrogens with one attached hydrogen (secondary N) is 2. The Morgan fingerprint density at radius 2 is 2.11 bits per heavy atom. The van der Waals surface area contributed by atoms with Crippen molar-refractivity contribution < 1.29 is 8.42 Å². The number of hydrogen-bond donors (Lipinski definition) is 2. The number of anilines is 2. The first kappa shape index (κ1) is 17.5. The van der Waals surface area contributed by atoms with Gasteiger partial charge in [-0.15, -0.1) is 0 Å². The van der Waals surface area contributed by atoms with Crippen LogP contribution in [-0.2, 0) is 10.0 Å². The molecule has 2 heterocycles. The van der Waals surface area contributed by atoms with E-state index in [2.05, 4.69) is 15.4 Å². The Morgan fingerprint density at radius 3 is 2.78 bits per heavy atom. The smallest absolute Gasteiger partial charge is 0.231 e. The van der Waals surface area contributed by atoms with Gasteiger partial charge in [0.15, 0.2) is 5.65 Å². The third kappa shape index (κ3) is 3.37. The molecule has 1 aromatic carbocycles. The average Bonchev–Trinajstić information content (AvgIpc) is 3.36. The molecule has 0 saturated heterocycles. The minimum Gasteiger partial charge on any atom is -0.367 e. The van der Waals surface area contributed by atoms with Gasteiger partial charge >= 0.3 is 0 Å². The lowest BCUT2D eigenvalue weighted by Gasteiger charge is -2.17. The van der Waals surface area contributed by atoms with Crippen molar-refractivity contribution in [2.24, 2.45) is 0 Å². The first-order valence-electron chi connectivity index (χ1n) is 8.57. The van der Waals surface area contributed by atoms with E-state index in [1.807, 2.05) is 12.1 Å². The van der Waals surface area contributed by atoms with Crippen LogP contribution in [0, 0.1) is 5.41 Å². The van der Waals surface area contributed by atoms with Crippen molar-refractivity contribution in [1.29, 1.82) is 5.41 Å². The van der Waals surface area contributed by atoms with Crippen LogP contribution in [0.2, 0.25) is 0 Å². The molecule has 27 heavy (non-hydrogen) atoms. The van der Waals surface area contributed by atoms with E-state index < -0.39 is 10.0 Å². The Bertz CT molecular complexity index is 1130. The molecule has 0 amide bonds. The number of hydrogen-bond acceptors (Lipinski definition) is 6. The van der Waals surface area contributed by atoms with Gasteiger partial charge in [-0.2, -0.15) is 9.61 Å². The largest absolute Gasteiger partial charge is 0.367 e. The molecule has 9 heteroatoms. The lowest BCUT2D eigenvalue weighted by molar-refractivity contribution is 0.600. The molecule has 8 nitrogen and oxygen atoms in total. The number of rotatable bonds is 6. The maximum atomic E-state index is 11.8. The quantitative estimate of drug-likeness (QED) is 0.635. The number of benzene rings is 1. The van der Waals surface area contributed by atoms with Gasteiger partial charge in [-0.3, -0.25) is 4.31 Å². The van der Waals surface area contributed by atoms with Crippen LogP contribution in [0.4, 0.5) is 11.5 Å². The van der Waals surface area contributed by atoms with Crippen molar-refractivity contribution in [1.82, 2.24) is 14.6 Å². The van der Waals surface area contributed by atoms with Crippen molar-refractivity contribution >= 4 is 33.4 Å². The topological polar surface area (TPSA) is 103 Å². The lowest BCUT2D eigenvalue weighted by Crippen LogP contribution is -2.24. The Balaban J connectivity index is 1.84. The highest BCUT2D eigenvalue weighted by Gasteiger charge is 2.23. The molecule has 0 spiro atoms. The molecule has 2 aromatic heterocycles. The molecular formula is C18H20N6O2S. The van der Waals surface area contributed by atoms with Crippen molar-refractivity contribution in [2.75, 3.05) is 22.9 Å². The second kappa shape index (κ2) is 6.34. The molecule has 0 unspecified atom stereocenters. The highest BCUT2D eigenvalue weighted by Crippen LogP contribution is 2.30. The predicted molar refractivity (Wildman–Crippen MR) is 106 cm³/mol. The monoisotopic (exact) mass is 384 g/mol. The maximum Gasteiger partial charge on any atom is 0.231 e. The molecule has 3 aromatic rings. The van der Waals surface area contributed by atoms with E-state index >= 15 is 0 Å². The third-order valence-corrected chi connectivity index (χ3v) is 5.79. The Kier molecular flexibility index (Phi) is 4.11. The number of sulfonamides is 1. The highest BCUT2D eigenvalue weighted by atomic mass is 32.2. The Hall–Kier alpha value is -2.94. The van der Waals surface area contributed by atoms with Gasteiger partial charge in [0.2, 0.25) is 10.0 Å². The van der Waals surface area contributed by atoms with Crippen LogP contribution >= 0.6 is 0 Å². The third-order valence-electron chi connectivity index (χ3n) is 4.59. The summed E-state index contributed by atoms with van der Waals surface area (Å²) in [6, 6.07) is 9.57. The van der Waals surface area contributed by atoms with Crippen LogP contribution in [0.3, 0.4) is 0 Å². The Labute approximate surface area is 157 Å². The summed E-state index contributed by atoms with van der Waals surface area (Å²) in [5.74, 6) is 0.812. The molecule has 2 N–H and O–H groups in total. The summed E-state index contributed by atoms with van der Waals surface area (Å²) in [5.41, 5.74) is 3.27. The molecule has 1 fully saturated rings.